The molecule has 1 atom stereocenters. The van der Waals surface area contributed by atoms with Gasteiger partial charge in [0.25, 0.3) is 0 Å². The first kappa shape index (κ1) is 19.5. The van der Waals surface area contributed by atoms with E-state index < -0.39 is 0 Å². The zero-order valence-corrected chi connectivity index (χ0v) is 17.4. The summed E-state index contributed by atoms with van der Waals surface area (Å²) in [4.78, 5) is 27.2. The standard InChI is InChI=1S/C23H29ClN2O2/c1-16(27)19-15-25(21-11-5-10-20(24)23(19)21)14-18-9-6-12-26(18)22(28)13-17-7-3-2-4-8-17/h5,10-11,15,17-18H,2-4,6-9,12-14H2,1H3/t18-/m0/s1. The lowest BCUT2D eigenvalue weighted by atomic mass is 9.86. The molecular weight excluding hydrogens is 372 g/mol. The number of ketones is 1. The Morgan fingerprint density at radius 1 is 1.11 bits per heavy atom. The van der Waals surface area contributed by atoms with Crippen molar-refractivity contribution in [1.29, 1.82) is 0 Å². The van der Waals surface area contributed by atoms with Crippen LogP contribution in [0.4, 0.5) is 0 Å². The molecule has 1 aromatic carbocycles. The molecule has 1 amide bonds. The largest absolute Gasteiger partial charge is 0.345 e. The van der Waals surface area contributed by atoms with Crippen molar-refractivity contribution in [2.45, 2.75) is 70.9 Å². The van der Waals surface area contributed by atoms with Crippen molar-refractivity contribution < 1.29 is 9.59 Å². The fourth-order valence-corrected chi connectivity index (χ4v) is 5.33. The zero-order chi connectivity index (χ0) is 19.7. The molecule has 4 rings (SSSR count). The Balaban J connectivity index is 1.54. The number of halogens is 1. The van der Waals surface area contributed by atoms with Crippen LogP contribution in [-0.4, -0.2) is 33.7 Å². The molecule has 2 fully saturated rings. The lowest BCUT2D eigenvalue weighted by molar-refractivity contribution is -0.133. The Bertz CT molecular complexity index is 882. The van der Waals surface area contributed by atoms with Gasteiger partial charge in [0.15, 0.2) is 5.78 Å². The maximum atomic E-state index is 13.0. The third-order valence-corrected chi connectivity index (χ3v) is 6.84. The van der Waals surface area contributed by atoms with Gasteiger partial charge in [-0.25, -0.2) is 0 Å². The number of aromatic nitrogens is 1. The predicted octanol–water partition coefficient (Wildman–Crippen LogP) is 5.46. The number of Topliss-reactive ketones (excluding diaryl/α,β-unsaturated/α-hetero) is 1. The van der Waals surface area contributed by atoms with Crippen LogP contribution in [0.25, 0.3) is 10.9 Å². The summed E-state index contributed by atoms with van der Waals surface area (Å²) in [5.74, 6) is 0.905. The van der Waals surface area contributed by atoms with Crippen LogP contribution in [0.5, 0.6) is 0 Å². The summed E-state index contributed by atoms with van der Waals surface area (Å²) in [5.41, 5.74) is 1.64. The smallest absolute Gasteiger partial charge is 0.223 e. The van der Waals surface area contributed by atoms with Crippen LogP contribution in [-0.2, 0) is 11.3 Å². The third-order valence-electron chi connectivity index (χ3n) is 6.53. The van der Waals surface area contributed by atoms with Crippen LogP contribution in [0.3, 0.4) is 0 Å². The van der Waals surface area contributed by atoms with Gasteiger partial charge in [0, 0.05) is 42.7 Å². The molecule has 0 N–H and O–H groups in total. The number of carbonyl (C=O) groups excluding carboxylic acids is 2. The van der Waals surface area contributed by atoms with Gasteiger partial charge >= 0.3 is 0 Å². The first-order valence-corrected chi connectivity index (χ1v) is 11.0. The Kier molecular flexibility index (Phi) is 5.77. The van der Waals surface area contributed by atoms with Gasteiger partial charge in [0.05, 0.1) is 10.5 Å². The first-order chi connectivity index (χ1) is 13.5. The summed E-state index contributed by atoms with van der Waals surface area (Å²) >= 11 is 6.39. The molecule has 0 unspecified atom stereocenters. The van der Waals surface area contributed by atoms with Crippen molar-refractivity contribution in [3.05, 3.63) is 35.0 Å². The summed E-state index contributed by atoms with van der Waals surface area (Å²) in [7, 11) is 0. The lowest BCUT2D eigenvalue weighted by Gasteiger charge is -2.28. The van der Waals surface area contributed by atoms with Crippen molar-refractivity contribution in [2.24, 2.45) is 5.92 Å². The molecule has 28 heavy (non-hydrogen) atoms. The number of carbonyl (C=O) groups is 2. The van der Waals surface area contributed by atoms with Crippen LogP contribution in [0.15, 0.2) is 24.4 Å². The van der Waals surface area contributed by atoms with Gasteiger partial charge in [-0.1, -0.05) is 36.9 Å². The summed E-state index contributed by atoms with van der Waals surface area (Å²) in [6, 6.07) is 5.96. The summed E-state index contributed by atoms with van der Waals surface area (Å²) in [6.45, 7) is 3.16. The molecule has 150 valence electrons. The minimum atomic E-state index is 0.0218. The van der Waals surface area contributed by atoms with Crippen LogP contribution < -0.4 is 0 Å². The lowest BCUT2D eigenvalue weighted by Crippen LogP contribution is -2.39. The van der Waals surface area contributed by atoms with E-state index in [2.05, 4.69) is 9.47 Å². The summed E-state index contributed by atoms with van der Waals surface area (Å²) < 4.78 is 2.12. The highest BCUT2D eigenvalue weighted by molar-refractivity contribution is 6.36. The van der Waals surface area contributed by atoms with Crippen LogP contribution in [0.2, 0.25) is 5.02 Å². The Morgan fingerprint density at radius 2 is 1.89 bits per heavy atom. The fourth-order valence-electron chi connectivity index (χ4n) is 5.06. The number of amides is 1. The molecule has 1 saturated heterocycles. The Hall–Kier alpha value is -1.81. The number of benzene rings is 1. The Labute approximate surface area is 171 Å². The number of hydrogen-bond acceptors (Lipinski definition) is 2. The molecule has 1 aromatic heterocycles. The molecule has 1 saturated carbocycles. The molecule has 2 heterocycles. The average molecular weight is 401 g/mol. The van der Waals surface area contributed by atoms with Crippen molar-refractivity contribution in [3.8, 4) is 0 Å². The van der Waals surface area contributed by atoms with E-state index in [4.69, 9.17) is 11.6 Å². The van der Waals surface area contributed by atoms with Crippen LogP contribution in [0.1, 0.15) is 68.6 Å². The minimum Gasteiger partial charge on any atom is -0.345 e. The fraction of sp³-hybridized carbons (Fsp3) is 0.565. The molecule has 4 nitrogen and oxygen atoms in total. The van der Waals surface area contributed by atoms with E-state index in [9.17, 15) is 9.59 Å². The zero-order valence-electron chi connectivity index (χ0n) is 16.6. The van der Waals surface area contributed by atoms with Gasteiger partial charge < -0.3 is 9.47 Å². The Morgan fingerprint density at radius 3 is 2.64 bits per heavy atom. The number of likely N-dealkylation sites (tertiary alicyclic amines) is 1. The minimum absolute atomic E-state index is 0.0218. The van der Waals surface area contributed by atoms with Gasteiger partial charge in [-0.3, -0.25) is 9.59 Å². The van der Waals surface area contributed by atoms with Gasteiger partial charge in [-0.05, 0) is 50.7 Å². The van der Waals surface area contributed by atoms with Crippen molar-refractivity contribution >= 4 is 34.2 Å². The quantitative estimate of drug-likeness (QED) is 0.625. The average Bonchev–Trinajstić information content (AvgIpc) is 3.29. The molecule has 2 aromatic rings. The van der Waals surface area contributed by atoms with E-state index in [1.54, 1.807) is 6.92 Å². The SMILES string of the molecule is CC(=O)c1cn(C[C@@H]2CCCN2C(=O)CC2CCCCC2)c2cccc(Cl)c12. The number of rotatable bonds is 5. The highest BCUT2D eigenvalue weighted by atomic mass is 35.5. The van der Waals surface area contributed by atoms with Crippen molar-refractivity contribution in [2.75, 3.05) is 6.54 Å². The van der Waals surface area contributed by atoms with Gasteiger partial charge in [-0.2, -0.15) is 0 Å². The normalized spacial score (nSPS) is 20.8. The van der Waals surface area contributed by atoms with E-state index in [0.717, 1.165) is 36.8 Å². The third kappa shape index (κ3) is 3.84. The van der Waals surface area contributed by atoms with Crippen molar-refractivity contribution in [1.82, 2.24) is 9.47 Å². The number of fused-ring (bicyclic) bond motifs is 1. The maximum Gasteiger partial charge on any atom is 0.223 e. The predicted molar refractivity (Wildman–Crippen MR) is 113 cm³/mol. The van der Waals surface area contributed by atoms with Crippen LogP contribution in [0, 0.1) is 5.92 Å². The first-order valence-electron chi connectivity index (χ1n) is 10.6. The van der Waals surface area contributed by atoms with E-state index in [-0.39, 0.29) is 11.8 Å². The molecule has 2 aliphatic rings. The van der Waals surface area contributed by atoms with E-state index in [1.165, 1.54) is 32.1 Å². The van der Waals surface area contributed by atoms with E-state index >= 15 is 0 Å². The second kappa shape index (κ2) is 8.28. The van der Waals surface area contributed by atoms with Crippen molar-refractivity contribution in [3.63, 3.8) is 0 Å². The molecule has 0 spiro atoms. The molecular formula is C23H29ClN2O2. The maximum absolute atomic E-state index is 13.0. The molecule has 0 bridgehead atoms. The van der Waals surface area contributed by atoms with E-state index in [0.29, 0.717) is 28.8 Å². The number of hydrogen-bond donors (Lipinski definition) is 0. The second-order valence-corrected chi connectivity index (χ2v) is 8.88. The molecule has 0 radical (unpaired) electrons. The molecule has 1 aliphatic heterocycles. The summed E-state index contributed by atoms with van der Waals surface area (Å²) in [6.07, 6.45) is 11.0. The topological polar surface area (TPSA) is 42.3 Å². The number of nitrogens with zero attached hydrogens (tertiary/aromatic N) is 2. The van der Waals surface area contributed by atoms with Crippen LogP contribution >= 0.6 is 11.6 Å². The molecule has 5 heteroatoms. The van der Waals surface area contributed by atoms with Gasteiger partial charge in [0.2, 0.25) is 5.91 Å². The second-order valence-electron chi connectivity index (χ2n) is 8.48. The van der Waals surface area contributed by atoms with E-state index in [1.807, 2.05) is 24.4 Å². The molecule has 1 aliphatic carbocycles. The summed E-state index contributed by atoms with van der Waals surface area (Å²) in [5, 5.41) is 1.44. The highest BCUT2D eigenvalue weighted by Crippen LogP contribution is 2.32. The van der Waals surface area contributed by atoms with Gasteiger partial charge in [0.1, 0.15) is 0 Å². The highest BCUT2D eigenvalue weighted by Gasteiger charge is 2.31. The monoisotopic (exact) mass is 400 g/mol. The van der Waals surface area contributed by atoms with Gasteiger partial charge in [-0.15, -0.1) is 0 Å².